The lowest BCUT2D eigenvalue weighted by Crippen LogP contribution is -2.06. The third kappa shape index (κ3) is 2.15. The summed E-state index contributed by atoms with van der Waals surface area (Å²) < 4.78 is 4.78. The van der Waals surface area contributed by atoms with Crippen molar-refractivity contribution in [2.45, 2.75) is 20.3 Å². The smallest absolute Gasteiger partial charge is 0.342 e. The second-order valence-corrected chi connectivity index (χ2v) is 2.86. The summed E-state index contributed by atoms with van der Waals surface area (Å²) in [4.78, 5) is 23.9. The molecule has 82 valence electrons. The molecule has 1 heterocycles. The predicted molar refractivity (Wildman–Crippen MR) is 52.8 cm³/mol. The van der Waals surface area contributed by atoms with Gasteiger partial charge in [0.2, 0.25) is 0 Å². The van der Waals surface area contributed by atoms with Gasteiger partial charge in [-0.1, -0.05) is 6.92 Å². The first kappa shape index (κ1) is 11.2. The lowest BCUT2D eigenvalue weighted by atomic mass is 10.1. The van der Waals surface area contributed by atoms with Crippen LogP contribution in [0.2, 0.25) is 0 Å². The number of carbonyl (C=O) groups is 1. The van der Waals surface area contributed by atoms with Gasteiger partial charge in [-0.25, -0.2) is 9.78 Å². The molecule has 6 heteroatoms. The summed E-state index contributed by atoms with van der Waals surface area (Å²) in [6.45, 7) is 3.68. The van der Waals surface area contributed by atoms with Crippen molar-refractivity contribution in [3.8, 4) is 0 Å². The number of esters is 1. The van der Waals surface area contributed by atoms with Crippen molar-refractivity contribution < 1.29 is 14.5 Å². The minimum Gasteiger partial charge on any atom is -0.462 e. The molecule has 0 radical (unpaired) electrons. The Balaban J connectivity index is 3.09. The topological polar surface area (TPSA) is 85.2 Å². The van der Waals surface area contributed by atoms with Gasteiger partial charge in [-0.05, 0) is 18.3 Å². The van der Waals surface area contributed by atoms with Crippen LogP contribution in [0.25, 0.3) is 0 Å². The van der Waals surface area contributed by atoms with E-state index in [2.05, 4.69) is 4.98 Å². The first-order valence-electron chi connectivity index (χ1n) is 4.63. The summed E-state index contributed by atoms with van der Waals surface area (Å²) in [7, 11) is 0. The molecule has 15 heavy (non-hydrogen) atoms. The molecule has 0 aliphatic rings. The van der Waals surface area contributed by atoms with Crippen molar-refractivity contribution >= 4 is 11.8 Å². The highest BCUT2D eigenvalue weighted by Crippen LogP contribution is 2.22. The Bertz CT molecular complexity index is 383. The number of aromatic amines is 1. The summed E-state index contributed by atoms with van der Waals surface area (Å²) in [6, 6.07) is 0. The van der Waals surface area contributed by atoms with E-state index in [0.717, 1.165) is 0 Å². The van der Waals surface area contributed by atoms with Crippen LogP contribution in [0.15, 0.2) is 6.20 Å². The van der Waals surface area contributed by atoms with E-state index in [4.69, 9.17) is 4.74 Å². The first-order valence-corrected chi connectivity index (χ1v) is 4.63. The van der Waals surface area contributed by atoms with E-state index >= 15 is 0 Å². The standard InChI is InChI=1S/C9H12N2O4/c1-3-6-7(9(12)15-4-2)5-10-8(6)11(13)14/h5,10H,3-4H2,1-2H3. The maximum absolute atomic E-state index is 11.4. The molecule has 1 N–H and O–H groups in total. The van der Waals surface area contributed by atoms with E-state index in [1.165, 1.54) is 6.20 Å². The van der Waals surface area contributed by atoms with Crippen molar-refractivity contribution in [3.05, 3.63) is 27.4 Å². The molecule has 0 aliphatic heterocycles. The molecule has 0 fully saturated rings. The quantitative estimate of drug-likeness (QED) is 0.467. The summed E-state index contributed by atoms with van der Waals surface area (Å²) in [5, 5.41) is 10.6. The number of ether oxygens (including phenoxy) is 1. The largest absolute Gasteiger partial charge is 0.462 e. The van der Waals surface area contributed by atoms with E-state index in [1.54, 1.807) is 13.8 Å². The second kappa shape index (κ2) is 4.59. The van der Waals surface area contributed by atoms with Crippen molar-refractivity contribution in [2.75, 3.05) is 6.61 Å². The fourth-order valence-electron chi connectivity index (χ4n) is 1.35. The van der Waals surface area contributed by atoms with Crippen LogP contribution in [0, 0.1) is 10.1 Å². The number of nitrogens with zero attached hydrogens (tertiary/aromatic N) is 1. The fourth-order valence-corrected chi connectivity index (χ4v) is 1.35. The van der Waals surface area contributed by atoms with Gasteiger partial charge in [0.05, 0.1) is 12.2 Å². The Morgan fingerprint density at radius 1 is 1.60 bits per heavy atom. The summed E-state index contributed by atoms with van der Waals surface area (Å²) >= 11 is 0. The average Bonchev–Trinajstić information content (AvgIpc) is 2.61. The highest BCUT2D eigenvalue weighted by atomic mass is 16.6. The van der Waals surface area contributed by atoms with E-state index < -0.39 is 10.9 Å². The van der Waals surface area contributed by atoms with Crippen LogP contribution >= 0.6 is 0 Å². The predicted octanol–water partition coefficient (Wildman–Crippen LogP) is 1.66. The molecular formula is C9H12N2O4. The molecule has 0 aromatic carbocycles. The van der Waals surface area contributed by atoms with Gasteiger partial charge in [0, 0.05) is 0 Å². The third-order valence-electron chi connectivity index (χ3n) is 2.00. The number of nitrogens with one attached hydrogen (secondary N) is 1. The number of nitro groups is 1. The molecule has 0 unspecified atom stereocenters. The number of rotatable bonds is 4. The number of hydrogen-bond donors (Lipinski definition) is 1. The zero-order valence-electron chi connectivity index (χ0n) is 8.57. The Kier molecular flexibility index (Phi) is 3.43. The summed E-state index contributed by atoms with van der Waals surface area (Å²) in [5.74, 6) is -0.667. The van der Waals surface area contributed by atoms with E-state index in [9.17, 15) is 14.9 Å². The zero-order valence-corrected chi connectivity index (χ0v) is 8.57. The highest BCUT2D eigenvalue weighted by molar-refractivity contribution is 5.92. The first-order chi connectivity index (χ1) is 7.11. The molecule has 0 atom stereocenters. The van der Waals surface area contributed by atoms with Crippen LogP contribution in [0.4, 0.5) is 5.82 Å². The van der Waals surface area contributed by atoms with Gasteiger partial charge in [-0.3, -0.25) is 0 Å². The molecule has 0 saturated carbocycles. The van der Waals surface area contributed by atoms with Crippen LogP contribution in [-0.2, 0) is 11.2 Å². The maximum Gasteiger partial charge on any atom is 0.342 e. The molecule has 0 spiro atoms. The minimum absolute atomic E-state index is 0.138. The molecule has 0 bridgehead atoms. The van der Waals surface area contributed by atoms with Crippen molar-refractivity contribution in [1.29, 1.82) is 0 Å². The molecular weight excluding hydrogens is 200 g/mol. The van der Waals surface area contributed by atoms with Crippen molar-refractivity contribution in [2.24, 2.45) is 0 Å². The van der Waals surface area contributed by atoms with Gasteiger partial charge < -0.3 is 14.9 Å². The van der Waals surface area contributed by atoms with Gasteiger partial charge >= 0.3 is 11.8 Å². The normalized spacial score (nSPS) is 10.0. The van der Waals surface area contributed by atoms with Gasteiger partial charge in [-0.2, -0.15) is 0 Å². The molecule has 1 aromatic heterocycles. The lowest BCUT2D eigenvalue weighted by Gasteiger charge is -2.00. The Labute approximate surface area is 86.4 Å². The molecule has 1 rings (SSSR count). The van der Waals surface area contributed by atoms with E-state index in [1.807, 2.05) is 0 Å². The Hall–Kier alpha value is -1.85. The summed E-state index contributed by atoms with van der Waals surface area (Å²) in [6.07, 6.45) is 1.73. The number of hydrogen-bond acceptors (Lipinski definition) is 4. The molecule has 0 amide bonds. The highest BCUT2D eigenvalue weighted by Gasteiger charge is 2.23. The molecule has 0 saturated heterocycles. The van der Waals surface area contributed by atoms with Gasteiger partial charge in [-0.15, -0.1) is 0 Å². The van der Waals surface area contributed by atoms with Crippen LogP contribution in [0.5, 0.6) is 0 Å². The molecule has 6 nitrogen and oxygen atoms in total. The van der Waals surface area contributed by atoms with E-state index in [-0.39, 0.29) is 18.0 Å². The second-order valence-electron chi connectivity index (χ2n) is 2.86. The lowest BCUT2D eigenvalue weighted by molar-refractivity contribution is -0.389. The van der Waals surface area contributed by atoms with Crippen LogP contribution in [0.1, 0.15) is 29.8 Å². The monoisotopic (exact) mass is 212 g/mol. The zero-order chi connectivity index (χ0) is 11.4. The van der Waals surface area contributed by atoms with Gasteiger partial charge in [0.1, 0.15) is 11.8 Å². The van der Waals surface area contributed by atoms with Crippen molar-refractivity contribution in [1.82, 2.24) is 4.98 Å². The third-order valence-corrected chi connectivity index (χ3v) is 2.00. The fraction of sp³-hybridized carbons (Fsp3) is 0.444. The van der Waals surface area contributed by atoms with Crippen LogP contribution < -0.4 is 0 Å². The minimum atomic E-state index is -0.540. The average molecular weight is 212 g/mol. The number of carbonyl (C=O) groups excluding carboxylic acids is 1. The van der Waals surface area contributed by atoms with Crippen LogP contribution in [-0.4, -0.2) is 22.5 Å². The Morgan fingerprint density at radius 2 is 2.27 bits per heavy atom. The van der Waals surface area contributed by atoms with E-state index in [0.29, 0.717) is 12.0 Å². The summed E-state index contributed by atoms with van der Waals surface area (Å²) in [5.41, 5.74) is 0.629. The molecule has 1 aromatic rings. The number of aromatic nitrogens is 1. The maximum atomic E-state index is 11.4. The SMILES string of the molecule is CCOC(=O)c1c[nH]c([N+](=O)[O-])c1CC. The Morgan fingerprint density at radius 3 is 2.73 bits per heavy atom. The van der Waals surface area contributed by atoms with Crippen LogP contribution in [0.3, 0.4) is 0 Å². The molecule has 0 aliphatic carbocycles. The van der Waals surface area contributed by atoms with Gasteiger partial charge in [0.25, 0.3) is 0 Å². The van der Waals surface area contributed by atoms with Gasteiger partial charge in [0.15, 0.2) is 0 Å². The number of H-pyrrole nitrogens is 1. The van der Waals surface area contributed by atoms with Crippen molar-refractivity contribution in [3.63, 3.8) is 0 Å².